The number of halogens is 1. The SMILES string of the molecule is CCCNS(=O)(=O)c1cc(CCl)n(C2CC2)c1. The Balaban J connectivity index is 2.26. The van der Waals surface area contributed by atoms with Gasteiger partial charge in [-0.05, 0) is 25.3 Å². The Kier molecular flexibility index (Phi) is 3.80. The molecule has 0 aliphatic heterocycles. The summed E-state index contributed by atoms with van der Waals surface area (Å²) in [5, 5.41) is 0. The Morgan fingerprint density at radius 3 is 2.76 bits per heavy atom. The third kappa shape index (κ3) is 2.84. The van der Waals surface area contributed by atoms with Gasteiger partial charge in [0.25, 0.3) is 0 Å². The van der Waals surface area contributed by atoms with Gasteiger partial charge in [-0.15, -0.1) is 11.6 Å². The summed E-state index contributed by atoms with van der Waals surface area (Å²) < 4.78 is 28.5. The van der Waals surface area contributed by atoms with E-state index in [0.717, 1.165) is 25.0 Å². The number of nitrogens with one attached hydrogen (secondary N) is 1. The first-order valence-corrected chi connectivity index (χ1v) is 7.86. The number of sulfonamides is 1. The molecule has 1 aromatic heterocycles. The van der Waals surface area contributed by atoms with Crippen LogP contribution in [0, 0.1) is 0 Å². The fraction of sp³-hybridized carbons (Fsp3) is 0.636. The monoisotopic (exact) mass is 276 g/mol. The summed E-state index contributed by atoms with van der Waals surface area (Å²) in [5.74, 6) is 0.347. The van der Waals surface area contributed by atoms with E-state index in [-0.39, 0.29) is 0 Å². The smallest absolute Gasteiger partial charge is 0.242 e. The van der Waals surface area contributed by atoms with E-state index in [1.165, 1.54) is 0 Å². The van der Waals surface area contributed by atoms with Crippen molar-refractivity contribution in [3.8, 4) is 0 Å². The predicted octanol–water partition coefficient (Wildman–Crippen LogP) is 2.25. The maximum absolute atomic E-state index is 11.9. The largest absolute Gasteiger partial charge is 0.346 e. The van der Waals surface area contributed by atoms with E-state index in [2.05, 4.69) is 4.72 Å². The molecule has 1 aliphatic carbocycles. The summed E-state index contributed by atoms with van der Waals surface area (Å²) in [6, 6.07) is 2.11. The number of alkyl halides is 1. The molecular formula is C11H17ClN2O2S. The summed E-state index contributed by atoms with van der Waals surface area (Å²) in [6.45, 7) is 2.40. The Morgan fingerprint density at radius 1 is 1.53 bits per heavy atom. The molecular weight excluding hydrogens is 260 g/mol. The van der Waals surface area contributed by atoms with Crippen LogP contribution in [0.5, 0.6) is 0 Å². The number of hydrogen-bond donors (Lipinski definition) is 1. The van der Waals surface area contributed by atoms with Crippen molar-refractivity contribution in [2.75, 3.05) is 6.54 Å². The van der Waals surface area contributed by atoms with Crippen molar-refractivity contribution in [2.24, 2.45) is 0 Å². The number of hydrogen-bond acceptors (Lipinski definition) is 2. The fourth-order valence-corrected chi connectivity index (χ4v) is 3.16. The van der Waals surface area contributed by atoms with Crippen LogP contribution in [0.2, 0.25) is 0 Å². The lowest BCUT2D eigenvalue weighted by atomic mass is 10.5. The molecule has 1 saturated carbocycles. The highest BCUT2D eigenvalue weighted by Gasteiger charge is 2.27. The molecule has 17 heavy (non-hydrogen) atoms. The molecule has 2 rings (SSSR count). The minimum Gasteiger partial charge on any atom is -0.346 e. The van der Waals surface area contributed by atoms with E-state index in [1.54, 1.807) is 12.3 Å². The number of aromatic nitrogens is 1. The summed E-state index contributed by atoms with van der Waals surface area (Å²) in [7, 11) is -3.37. The van der Waals surface area contributed by atoms with Gasteiger partial charge in [0.2, 0.25) is 10.0 Å². The lowest BCUT2D eigenvalue weighted by Gasteiger charge is -2.03. The van der Waals surface area contributed by atoms with E-state index < -0.39 is 10.0 Å². The van der Waals surface area contributed by atoms with Crippen LogP contribution in [0.3, 0.4) is 0 Å². The molecule has 0 bridgehead atoms. The summed E-state index contributed by atoms with van der Waals surface area (Å²) in [6.07, 6.45) is 4.71. The van der Waals surface area contributed by atoms with Crippen LogP contribution < -0.4 is 4.72 Å². The average Bonchev–Trinajstić information content (AvgIpc) is 3.05. The number of nitrogens with zero attached hydrogens (tertiary/aromatic N) is 1. The van der Waals surface area contributed by atoms with Crippen molar-refractivity contribution in [1.82, 2.24) is 9.29 Å². The van der Waals surface area contributed by atoms with E-state index in [9.17, 15) is 8.42 Å². The van der Waals surface area contributed by atoms with E-state index >= 15 is 0 Å². The molecule has 0 atom stereocenters. The quantitative estimate of drug-likeness (QED) is 0.810. The van der Waals surface area contributed by atoms with Crippen LogP contribution >= 0.6 is 11.6 Å². The van der Waals surface area contributed by atoms with Crippen LogP contribution in [0.1, 0.15) is 37.9 Å². The highest BCUT2D eigenvalue weighted by molar-refractivity contribution is 7.89. The second-order valence-electron chi connectivity index (χ2n) is 4.34. The summed E-state index contributed by atoms with van der Waals surface area (Å²) >= 11 is 5.84. The maximum Gasteiger partial charge on any atom is 0.242 e. The standard InChI is InChI=1S/C11H17ClN2O2S/c1-2-5-13-17(15,16)11-6-10(7-12)14(8-11)9-3-4-9/h6,8-9,13H,2-5,7H2,1H3. The van der Waals surface area contributed by atoms with Gasteiger partial charge in [-0.3, -0.25) is 0 Å². The molecule has 1 aliphatic rings. The zero-order chi connectivity index (χ0) is 12.5. The van der Waals surface area contributed by atoms with Crippen molar-refractivity contribution < 1.29 is 8.42 Å². The Morgan fingerprint density at radius 2 is 2.24 bits per heavy atom. The van der Waals surface area contributed by atoms with E-state index in [4.69, 9.17) is 11.6 Å². The topological polar surface area (TPSA) is 51.1 Å². The Labute approximate surface area is 107 Å². The average molecular weight is 277 g/mol. The van der Waals surface area contributed by atoms with Gasteiger partial charge in [0, 0.05) is 24.5 Å². The van der Waals surface area contributed by atoms with Crippen LogP contribution in [-0.2, 0) is 15.9 Å². The zero-order valence-corrected chi connectivity index (χ0v) is 11.4. The van der Waals surface area contributed by atoms with Crippen LogP contribution in [0.4, 0.5) is 0 Å². The first-order valence-electron chi connectivity index (χ1n) is 5.85. The van der Waals surface area contributed by atoms with Crippen molar-refractivity contribution in [3.05, 3.63) is 18.0 Å². The van der Waals surface area contributed by atoms with E-state index in [1.807, 2.05) is 11.5 Å². The zero-order valence-electron chi connectivity index (χ0n) is 9.82. The van der Waals surface area contributed by atoms with Gasteiger partial charge in [0.1, 0.15) is 0 Å². The fourth-order valence-electron chi connectivity index (χ4n) is 1.76. The molecule has 96 valence electrons. The first-order chi connectivity index (χ1) is 8.08. The third-order valence-electron chi connectivity index (χ3n) is 2.84. The maximum atomic E-state index is 11.9. The Hall–Kier alpha value is -0.520. The van der Waals surface area contributed by atoms with Crippen LogP contribution in [0.25, 0.3) is 0 Å². The molecule has 0 spiro atoms. The molecule has 0 amide bonds. The Bertz CT molecular complexity index is 492. The van der Waals surface area contributed by atoms with Gasteiger partial charge >= 0.3 is 0 Å². The molecule has 0 aromatic carbocycles. The normalized spacial score (nSPS) is 16.4. The third-order valence-corrected chi connectivity index (χ3v) is 4.54. The van der Waals surface area contributed by atoms with Gasteiger partial charge in [-0.1, -0.05) is 6.92 Å². The number of rotatable bonds is 6. The lowest BCUT2D eigenvalue weighted by Crippen LogP contribution is -2.23. The second kappa shape index (κ2) is 5.00. The molecule has 0 unspecified atom stereocenters. The van der Waals surface area contributed by atoms with Gasteiger partial charge in [0.05, 0.1) is 10.8 Å². The van der Waals surface area contributed by atoms with Crippen molar-refractivity contribution in [1.29, 1.82) is 0 Å². The van der Waals surface area contributed by atoms with Crippen molar-refractivity contribution in [3.63, 3.8) is 0 Å². The molecule has 1 fully saturated rings. The minimum absolute atomic E-state index is 0.327. The predicted molar refractivity (Wildman–Crippen MR) is 67.7 cm³/mol. The summed E-state index contributed by atoms with van der Waals surface area (Å²) in [4.78, 5) is 0.327. The minimum atomic E-state index is -3.37. The molecule has 6 heteroatoms. The van der Waals surface area contributed by atoms with Crippen molar-refractivity contribution in [2.45, 2.75) is 43.0 Å². The molecule has 1 aromatic rings. The highest BCUT2D eigenvalue weighted by Crippen LogP contribution is 2.37. The first kappa shape index (κ1) is 12.9. The molecule has 1 heterocycles. The molecule has 0 saturated heterocycles. The van der Waals surface area contributed by atoms with Crippen LogP contribution in [0.15, 0.2) is 17.2 Å². The van der Waals surface area contributed by atoms with Gasteiger partial charge in [-0.25, -0.2) is 13.1 Å². The van der Waals surface area contributed by atoms with Crippen LogP contribution in [-0.4, -0.2) is 19.5 Å². The molecule has 1 N–H and O–H groups in total. The lowest BCUT2D eigenvalue weighted by molar-refractivity contribution is 0.580. The molecule has 4 nitrogen and oxygen atoms in total. The van der Waals surface area contributed by atoms with Gasteiger partial charge in [-0.2, -0.15) is 0 Å². The second-order valence-corrected chi connectivity index (χ2v) is 6.37. The van der Waals surface area contributed by atoms with Gasteiger partial charge in [0.15, 0.2) is 0 Å². The summed E-state index contributed by atoms with van der Waals surface area (Å²) in [5.41, 5.74) is 0.881. The highest BCUT2D eigenvalue weighted by atomic mass is 35.5. The van der Waals surface area contributed by atoms with Crippen molar-refractivity contribution >= 4 is 21.6 Å². The molecule has 0 radical (unpaired) electrons. The van der Waals surface area contributed by atoms with Gasteiger partial charge < -0.3 is 4.57 Å². The van der Waals surface area contributed by atoms with E-state index in [0.29, 0.717) is 23.4 Å².